The summed E-state index contributed by atoms with van der Waals surface area (Å²) in [4.78, 5) is 11.6. The van der Waals surface area contributed by atoms with Crippen molar-refractivity contribution in [1.82, 2.24) is 0 Å². The summed E-state index contributed by atoms with van der Waals surface area (Å²) in [5.41, 5.74) is 0.582. The molecule has 2 nitrogen and oxygen atoms in total. The van der Waals surface area contributed by atoms with Gasteiger partial charge in [0.25, 0.3) is 0 Å². The molecular weight excluding hydrogens is 233 g/mol. The summed E-state index contributed by atoms with van der Waals surface area (Å²) in [7, 11) is 0. The minimum absolute atomic E-state index is 0.137. The Morgan fingerprint density at radius 1 is 1.41 bits per heavy atom. The Labute approximate surface area is 96.4 Å². The Bertz CT molecular complexity index is 452. The number of alkyl halides is 3. The number of benzene rings is 1. The monoisotopic (exact) mass is 244 g/mol. The van der Waals surface area contributed by atoms with Crippen LogP contribution >= 0.6 is 0 Å². The fourth-order valence-electron chi connectivity index (χ4n) is 1.98. The minimum Gasteiger partial charge on any atom is -0.494 e. The predicted octanol–water partition coefficient (Wildman–Crippen LogP) is 3.00. The third kappa shape index (κ3) is 2.14. The first-order valence-corrected chi connectivity index (χ1v) is 5.30. The van der Waals surface area contributed by atoms with Crippen LogP contribution in [0.2, 0.25) is 0 Å². The van der Waals surface area contributed by atoms with Crippen LogP contribution in [-0.4, -0.2) is 18.6 Å². The molecule has 0 saturated carbocycles. The van der Waals surface area contributed by atoms with Gasteiger partial charge in [-0.15, -0.1) is 0 Å². The lowest BCUT2D eigenvalue weighted by atomic mass is 10.1. The highest BCUT2D eigenvalue weighted by atomic mass is 19.4. The third-order valence-electron chi connectivity index (χ3n) is 2.79. The van der Waals surface area contributed by atoms with E-state index in [1.807, 2.05) is 0 Å². The average Bonchev–Trinajstić information content (AvgIpc) is 2.56. The maximum atomic E-state index is 12.6. The standard InChI is InChI=1S/C12H11F3O2/c1-2-17-8-4-3-7-5-10(12(13,14)15)11(16)9(7)6-8/h3-4,6,10H,2,5H2,1H3. The van der Waals surface area contributed by atoms with Crippen LogP contribution in [0.25, 0.3) is 0 Å². The first-order valence-electron chi connectivity index (χ1n) is 5.30. The second-order valence-electron chi connectivity index (χ2n) is 3.91. The number of carbonyl (C=O) groups is 1. The highest BCUT2D eigenvalue weighted by Crippen LogP contribution is 2.39. The number of halogens is 3. The summed E-state index contributed by atoms with van der Waals surface area (Å²) in [5.74, 6) is -2.31. The van der Waals surface area contributed by atoms with Crippen LogP contribution in [0.1, 0.15) is 22.8 Å². The molecule has 0 radical (unpaired) electrons. The van der Waals surface area contributed by atoms with Crippen molar-refractivity contribution in [3.05, 3.63) is 29.3 Å². The lowest BCUT2D eigenvalue weighted by Gasteiger charge is -2.11. The van der Waals surface area contributed by atoms with Crippen molar-refractivity contribution in [2.75, 3.05) is 6.61 Å². The number of fused-ring (bicyclic) bond motifs is 1. The van der Waals surface area contributed by atoms with Crippen molar-refractivity contribution in [3.63, 3.8) is 0 Å². The Hall–Kier alpha value is -1.52. The van der Waals surface area contributed by atoms with Crippen LogP contribution in [-0.2, 0) is 6.42 Å². The van der Waals surface area contributed by atoms with Crippen molar-refractivity contribution in [3.8, 4) is 5.75 Å². The van der Waals surface area contributed by atoms with Crippen LogP contribution in [0.3, 0.4) is 0 Å². The van der Waals surface area contributed by atoms with Gasteiger partial charge in [-0.05, 0) is 31.0 Å². The summed E-state index contributed by atoms with van der Waals surface area (Å²) in [6.45, 7) is 2.18. The average molecular weight is 244 g/mol. The SMILES string of the molecule is CCOc1ccc2c(c1)C(=O)C(C(F)(F)F)C2. The number of Topliss-reactive ketones (excluding diaryl/α,β-unsaturated/α-hetero) is 1. The van der Waals surface area contributed by atoms with Crippen molar-refractivity contribution in [2.24, 2.45) is 5.92 Å². The summed E-state index contributed by atoms with van der Waals surface area (Å²) in [6, 6.07) is 4.52. The van der Waals surface area contributed by atoms with E-state index in [2.05, 4.69) is 0 Å². The van der Waals surface area contributed by atoms with Crippen molar-refractivity contribution in [1.29, 1.82) is 0 Å². The molecule has 1 unspecified atom stereocenters. The number of hydrogen-bond acceptors (Lipinski definition) is 2. The topological polar surface area (TPSA) is 26.3 Å². The number of hydrogen-bond donors (Lipinski definition) is 0. The molecule has 1 aromatic rings. The molecule has 0 saturated heterocycles. The fourth-order valence-corrected chi connectivity index (χ4v) is 1.98. The van der Waals surface area contributed by atoms with E-state index < -0.39 is 17.9 Å². The molecule has 1 aliphatic rings. The minimum atomic E-state index is -4.47. The van der Waals surface area contributed by atoms with Gasteiger partial charge in [0.15, 0.2) is 5.78 Å². The lowest BCUT2D eigenvalue weighted by Crippen LogP contribution is -2.27. The molecule has 1 atom stereocenters. The molecule has 2 rings (SSSR count). The first-order chi connectivity index (χ1) is 7.93. The Morgan fingerprint density at radius 3 is 2.71 bits per heavy atom. The van der Waals surface area contributed by atoms with E-state index in [9.17, 15) is 18.0 Å². The highest BCUT2D eigenvalue weighted by Gasteiger charge is 2.49. The zero-order chi connectivity index (χ0) is 12.6. The van der Waals surface area contributed by atoms with E-state index >= 15 is 0 Å². The Kier molecular flexibility index (Phi) is 2.85. The van der Waals surface area contributed by atoms with Gasteiger partial charge in [-0.3, -0.25) is 4.79 Å². The second kappa shape index (κ2) is 4.05. The molecule has 1 aliphatic carbocycles. The molecule has 0 amide bonds. The van der Waals surface area contributed by atoms with Gasteiger partial charge < -0.3 is 4.74 Å². The smallest absolute Gasteiger partial charge is 0.399 e. The van der Waals surface area contributed by atoms with Crippen molar-refractivity contribution >= 4 is 5.78 Å². The number of ether oxygens (including phenoxy) is 1. The molecule has 92 valence electrons. The molecule has 0 aromatic heterocycles. The summed E-state index contributed by atoms with van der Waals surface area (Å²) in [6.07, 6.45) is -4.73. The number of carbonyl (C=O) groups excluding carboxylic acids is 1. The zero-order valence-corrected chi connectivity index (χ0v) is 9.17. The summed E-state index contributed by atoms with van der Waals surface area (Å²) >= 11 is 0. The van der Waals surface area contributed by atoms with Crippen LogP contribution in [0.15, 0.2) is 18.2 Å². The largest absolute Gasteiger partial charge is 0.494 e. The number of ketones is 1. The molecule has 0 spiro atoms. The van der Waals surface area contributed by atoms with Crippen LogP contribution in [0.4, 0.5) is 13.2 Å². The van der Waals surface area contributed by atoms with E-state index in [1.54, 1.807) is 13.0 Å². The van der Waals surface area contributed by atoms with E-state index in [-0.39, 0.29) is 12.0 Å². The summed E-state index contributed by atoms with van der Waals surface area (Å²) in [5, 5.41) is 0. The van der Waals surface area contributed by atoms with Crippen molar-refractivity contribution in [2.45, 2.75) is 19.5 Å². The van der Waals surface area contributed by atoms with Gasteiger partial charge in [-0.2, -0.15) is 13.2 Å². The Balaban J connectivity index is 2.33. The molecule has 0 fully saturated rings. The van der Waals surface area contributed by atoms with Gasteiger partial charge in [0.2, 0.25) is 0 Å². The van der Waals surface area contributed by atoms with Gasteiger partial charge in [-0.25, -0.2) is 0 Å². The van der Waals surface area contributed by atoms with E-state index in [0.29, 0.717) is 17.9 Å². The summed E-state index contributed by atoms with van der Waals surface area (Å²) < 4.78 is 42.9. The van der Waals surface area contributed by atoms with Crippen LogP contribution in [0, 0.1) is 5.92 Å². The predicted molar refractivity (Wildman–Crippen MR) is 55.2 cm³/mol. The molecule has 0 heterocycles. The van der Waals surface area contributed by atoms with Gasteiger partial charge >= 0.3 is 6.18 Å². The quantitative estimate of drug-likeness (QED) is 0.799. The lowest BCUT2D eigenvalue weighted by molar-refractivity contribution is -0.158. The molecule has 0 N–H and O–H groups in total. The van der Waals surface area contributed by atoms with Gasteiger partial charge in [0, 0.05) is 5.56 Å². The van der Waals surface area contributed by atoms with Crippen LogP contribution < -0.4 is 4.74 Å². The Morgan fingerprint density at radius 2 is 2.12 bits per heavy atom. The molecular formula is C12H11F3O2. The van der Waals surface area contributed by atoms with Crippen LogP contribution in [0.5, 0.6) is 5.75 Å². The highest BCUT2D eigenvalue weighted by molar-refractivity contribution is 6.03. The van der Waals surface area contributed by atoms with Gasteiger partial charge in [-0.1, -0.05) is 6.07 Å². The third-order valence-corrected chi connectivity index (χ3v) is 2.79. The maximum Gasteiger partial charge on any atom is 0.399 e. The second-order valence-corrected chi connectivity index (χ2v) is 3.91. The fraction of sp³-hybridized carbons (Fsp3) is 0.417. The maximum absolute atomic E-state index is 12.6. The molecule has 1 aromatic carbocycles. The number of rotatable bonds is 2. The van der Waals surface area contributed by atoms with Gasteiger partial charge in [0.1, 0.15) is 11.7 Å². The van der Waals surface area contributed by atoms with Gasteiger partial charge in [0.05, 0.1) is 6.61 Å². The van der Waals surface area contributed by atoms with E-state index in [1.165, 1.54) is 12.1 Å². The normalized spacial score (nSPS) is 19.3. The van der Waals surface area contributed by atoms with E-state index in [4.69, 9.17) is 4.74 Å². The van der Waals surface area contributed by atoms with E-state index in [0.717, 1.165) is 0 Å². The molecule has 0 bridgehead atoms. The molecule has 17 heavy (non-hydrogen) atoms. The first kappa shape index (κ1) is 12.0. The zero-order valence-electron chi connectivity index (χ0n) is 9.17. The molecule has 0 aliphatic heterocycles. The van der Waals surface area contributed by atoms with Crippen molar-refractivity contribution < 1.29 is 22.7 Å². The molecule has 5 heteroatoms.